The van der Waals surface area contributed by atoms with E-state index in [4.69, 9.17) is 9.47 Å². The van der Waals surface area contributed by atoms with E-state index in [2.05, 4.69) is 5.32 Å². The molecule has 2 aromatic carbocycles. The molecular weight excluding hydrogens is 356 g/mol. The average Bonchev–Trinajstić information content (AvgIpc) is 2.83. The number of para-hydroxylation sites is 1. The van der Waals surface area contributed by atoms with Gasteiger partial charge in [-0.3, -0.25) is 15.0 Å². The van der Waals surface area contributed by atoms with Gasteiger partial charge < -0.3 is 9.47 Å². The first-order valence-electron chi connectivity index (χ1n) is 9.58. The Bertz CT molecular complexity index is 863. The number of amides is 2. The van der Waals surface area contributed by atoms with Gasteiger partial charge in [0.25, 0.3) is 5.91 Å². The van der Waals surface area contributed by atoms with Gasteiger partial charge in [0.05, 0.1) is 24.1 Å². The Labute approximate surface area is 165 Å². The van der Waals surface area contributed by atoms with Crippen molar-refractivity contribution in [3.63, 3.8) is 0 Å². The molecular formula is C22H26N2O4. The fourth-order valence-corrected chi connectivity index (χ4v) is 3.26. The standard InChI is InChI=1S/C22H26N2O4/c1-4-27-22(26)23-18-12-11-17-10-9-16-7-5-6-8-19(16)24(20(17)13-18)21(25)14-28-15(2)3/h5-8,11-13,15H,4,9-10,14H2,1-3H3,(H,23,26). The molecule has 148 valence electrons. The molecule has 1 heterocycles. The minimum atomic E-state index is -0.516. The number of anilines is 3. The molecule has 0 atom stereocenters. The summed E-state index contributed by atoms with van der Waals surface area (Å²) in [4.78, 5) is 26.6. The molecule has 0 spiro atoms. The summed E-state index contributed by atoms with van der Waals surface area (Å²) in [6, 6.07) is 13.5. The van der Waals surface area contributed by atoms with E-state index in [1.165, 1.54) is 0 Å². The van der Waals surface area contributed by atoms with Crippen LogP contribution in [0.4, 0.5) is 21.9 Å². The minimum absolute atomic E-state index is 0.0129. The highest BCUT2D eigenvalue weighted by molar-refractivity contribution is 6.03. The zero-order valence-electron chi connectivity index (χ0n) is 16.5. The Kier molecular flexibility index (Phi) is 6.31. The summed E-state index contributed by atoms with van der Waals surface area (Å²) in [5.74, 6) is -0.141. The van der Waals surface area contributed by atoms with Crippen LogP contribution < -0.4 is 10.2 Å². The largest absolute Gasteiger partial charge is 0.450 e. The second-order valence-electron chi connectivity index (χ2n) is 6.91. The molecule has 1 aliphatic heterocycles. The van der Waals surface area contributed by atoms with Crippen molar-refractivity contribution >= 4 is 29.1 Å². The van der Waals surface area contributed by atoms with Gasteiger partial charge in [0, 0.05) is 5.69 Å². The van der Waals surface area contributed by atoms with Gasteiger partial charge in [-0.1, -0.05) is 24.3 Å². The lowest BCUT2D eigenvalue weighted by Crippen LogP contribution is -2.31. The highest BCUT2D eigenvalue weighted by Crippen LogP contribution is 2.37. The van der Waals surface area contributed by atoms with Crippen LogP contribution in [0.5, 0.6) is 0 Å². The zero-order valence-corrected chi connectivity index (χ0v) is 16.5. The van der Waals surface area contributed by atoms with Gasteiger partial charge >= 0.3 is 6.09 Å². The number of nitrogens with zero attached hydrogens (tertiary/aromatic N) is 1. The van der Waals surface area contributed by atoms with Crippen molar-refractivity contribution in [1.82, 2.24) is 0 Å². The first kappa shape index (κ1) is 19.9. The third-order valence-electron chi connectivity index (χ3n) is 4.53. The van der Waals surface area contributed by atoms with E-state index in [1.807, 2.05) is 56.3 Å². The number of carbonyl (C=O) groups is 2. The number of aryl methyl sites for hydroxylation is 2. The number of rotatable bonds is 5. The van der Waals surface area contributed by atoms with Gasteiger partial charge in [0.2, 0.25) is 0 Å². The van der Waals surface area contributed by atoms with Crippen molar-refractivity contribution in [2.75, 3.05) is 23.4 Å². The molecule has 0 aliphatic carbocycles. The van der Waals surface area contributed by atoms with Gasteiger partial charge in [0.15, 0.2) is 0 Å². The van der Waals surface area contributed by atoms with Crippen LogP contribution in [0.25, 0.3) is 0 Å². The molecule has 0 radical (unpaired) electrons. The molecule has 0 fully saturated rings. The molecule has 6 heteroatoms. The lowest BCUT2D eigenvalue weighted by atomic mass is 10.0. The van der Waals surface area contributed by atoms with Crippen molar-refractivity contribution < 1.29 is 19.1 Å². The summed E-state index contributed by atoms with van der Waals surface area (Å²) in [6.45, 7) is 5.84. The molecule has 2 amide bonds. The summed E-state index contributed by atoms with van der Waals surface area (Å²) in [5, 5.41) is 2.72. The summed E-state index contributed by atoms with van der Waals surface area (Å²) >= 11 is 0. The molecule has 3 rings (SSSR count). The predicted octanol–water partition coefficient (Wildman–Crippen LogP) is 4.44. The molecule has 2 aromatic rings. The maximum absolute atomic E-state index is 13.1. The SMILES string of the molecule is CCOC(=O)Nc1ccc2c(c1)N(C(=O)COC(C)C)c1ccccc1CC2. The number of carbonyl (C=O) groups excluding carboxylic acids is 2. The first-order valence-corrected chi connectivity index (χ1v) is 9.58. The van der Waals surface area contributed by atoms with Crippen LogP contribution in [0.15, 0.2) is 42.5 Å². The highest BCUT2D eigenvalue weighted by Gasteiger charge is 2.26. The van der Waals surface area contributed by atoms with Crippen LogP contribution >= 0.6 is 0 Å². The number of hydrogen-bond acceptors (Lipinski definition) is 4. The Morgan fingerprint density at radius 3 is 2.50 bits per heavy atom. The quantitative estimate of drug-likeness (QED) is 0.830. The van der Waals surface area contributed by atoms with Gasteiger partial charge in [-0.25, -0.2) is 4.79 Å². The molecule has 0 saturated carbocycles. The zero-order chi connectivity index (χ0) is 20.1. The van der Waals surface area contributed by atoms with E-state index in [0.29, 0.717) is 12.3 Å². The van der Waals surface area contributed by atoms with E-state index < -0.39 is 6.09 Å². The summed E-state index contributed by atoms with van der Waals surface area (Å²) < 4.78 is 10.5. The van der Waals surface area contributed by atoms with Crippen LogP contribution in [-0.2, 0) is 27.1 Å². The number of hydrogen-bond donors (Lipinski definition) is 1. The normalized spacial score (nSPS) is 12.8. The molecule has 0 aromatic heterocycles. The topological polar surface area (TPSA) is 67.9 Å². The number of nitrogens with one attached hydrogen (secondary N) is 1. The Hall–Kier alpha value is -2.86. The monoisotopic (exact) mass is 382 g/mol. The van der Waals surface area contributed by atoms with Crippen molar-refractivity contribution in [2.24, 2.45) is 0 Å². The lowest BCUT2D eigenvalue weighted by molar-refractivity contribution is -0.123. The van der Waals surface area contributed by atoms with Crippen LogP contribution in [0.1, 0.15) is 31.9 Å². The summed E-state index contributed by atoms with van der Waals surface area (Å²) in [5.41, 5.74) is 4.35. The van der Waals surface area contributed by atoms with Gasteiger partial charge in [-0.2, -0.15) is 0 Å². The van der Waals surface area contributed by atoms with Crippen LogP contribution in [0.3, 0.4) is 0 Å². The van der Waals surface area contributed by atoms with Crippen molar-refractivity contribution in [3.05, 3.63) is 53.6 Å². The minimum Gasteiger partial charge on any atom is -0.450 e. The van der Waals surface area contributed by atoms with Crippen LogP contribution in [0.2, 0.25) is 0 Å². The van der Waals surface area contributed by atoms with Crippen molar-refractivity contribution in [1.29, 1.82) is 0 Å². The molecule has 1 N–H and O–H groups in total. The molecule has 1 aliphatic rings. The smallest absolute Gasteiger partial charge is 0.411 e. The van der Waals surface area contributed by atoms with Crippen LogP contribution in [0, 0.1) is 0 Å². The number of fused-ring (bicyclic) bond motifs is 2. The average molecular weight is 382 g/mol. The Balaban J connectivity index is 2.01. The second-order valence-corrected chi connectivity index (χ2v) is 6.91. The van der Waals surface area contributed by atoms with Gasteiger partial charge in [-0.15, -0.1) is 0 Å². The van der Waals surface area contributed by atoms with E-state index in [9.17, 15) is 9.59 Å². The maximum atomic E-state index is 13.1. The molecule has 28 heavy (non-hydrogen) atoms. The Morgan fingerprint density at radius 2 is 1.79 bits per heavy atom. The van der Waals surface area contributed by atoms with Crippen LogP contribution in [-0.4, -0.2) is 31.3 Å². The summed E-state index contributed by atoms with van der Waals surface area (Å²) in [7, 11) is 0. The maximum Gasteiger partial charge on any atom is 0.411 e. The van der Waals surface area contributed by atoms with E-state index in [1.54, 1.807) is 11.8 Å². The summed E-state index contributed by atoms with van der Waals surface area (Å²) in [6.07, 6.45) is 1.09. The molecule has 0 bridgehead atoms. The van der Waals surface area contributed by atoms with E-state index >= 15 is 0 Å². The highest BCUT2D eigenvalue weighted by atomic mass is 16.5. The fraction of sp³-hybridized carbons (Fsp3) is 0.364. The third kappa shape index (κ3) is 4.51. The Morgan fingerprint density at radius 1 is 1.07 bits per heavy atom. The lowest BCUT2D eigenvalue weighted by Gasteiger charge is -2.26. The predicted molar refractivity (Wildman–Crippen MR) is 109 cm³/mol. The van der Waals surface area contributed by atoms with Crippen molar-refractivity contribution in [3.8, 4) is 0 Å². The van der Waals surface area contributed by atoms with Crippen molar-refractivity contribution in [2.45, 2.75) is 39.7 Å². The van der Waals surface area contributed by atoms with Gasteiger partial charge in [0.1, 0.15) is 6.61 Å². The van der Waals surface area contributed by atoms with Gasteiger partial charge in [-0.05, 0) is 62.9 Å². The fourth-order valence-electron chi connectivity index (χ4n) is 3.26. The second kappa shape index (κ2) is 8.89. The third-order valence-corrected chi connectivity index (χ3v) is 4.53. The van der Waals surface area contributed by atoms with E-state index in [0.717, 1.165) is 35.3 Å². The first-order chi connectivity index (χ1) is 13.5. The number of ether oxygens (including phenoxy) is 2. The molecule has 0 saturated heterocycles. The van der Waals surface area contributed by atoms with E-state index in [-0.39, 0.29) is 18.6 Å². The number of benzene rings is 2. The molecule has 6 nitrogen and oxygen atoms in total. The molecule has 0 unspecified atom stereocenters.